The van der Waals surface area contributed by atoms with Gasteiger partial charge in [0.2, 0.25) is 5.91 Å². The van der Waals surface area contributed by atoms with Crippen molar-refractivity contribution in [3.63, 3.8) is 0 Å². The Labute approximate surface area is 169 Å². The molecule has 1 atom stereocenters. The van der Waals surface area contributed by atoms with E-state index >= 15 is 0 Å². The summed E-state index contributed by atoms with van der Waals surface area (Å²) in [6, 6.07) is 11.9. The lowest BCUT2D eigenvalue weighted by Crippen LogP contribution is -2.48. The van der Waals surface area contributed by atoms with Gasteiger partial charge in [-0.25, -0.2) is 4.39 Å². The highest BCUT2D eigenvalue weighted by atomic mass is 35.5. The van der Waals surface area contributed by atoms with Crippen molar-refractivity contribution in [1.82, 2.24) is 10.2 Å². The SMILES string of the molecule is COc1ccccc1C1CNCCN1CC(=O)Nc1cc(Cl)ccc1F.Cl. The molecule has 0 radical (unpaired) electrons. The molecule has 1 amide bonds. The van der Waals surface area contributed by atoms with Crippen LogP contribution in [-0.2, 0) is 4.79 Å². The monoisotopic (exact) mass is 413 g/mol. The van der Waals surface area contributed by atoms with Crippen molar-refractivity contribution in [2.75, 3.05) is 38.6 Å². The molecule has 8 heteroatoms. The normalized spacial score (nSPS) is 17.1. The molecule has 2 N–H and O–H groups in total. The Kier molecular flexibility index (Phi) is 7.86. The summed E-state index contributed by atoms with van der Waals surface area (Å²) in [5.41, 5.74) is 1.11. The minimum Gasteiger partial charge on any atom is -0.496 e. The van der Waals surface area contributed by atoms with E-state index in [0.717, 1.165) is 17.9 Å². The van der Waals surface area contributed by atoms with Crippen molar-refractivity contribution < 1.29 is 13.9 Å². The molecule has 1 unspecified atom stereocenters. The van der Waals surface area contributed by atoms with Crippen LogP contribution in [0.4, 0.5) is 10.1 Å². The zero-order valence-corrected chi connectivity index (χ0v) is 16.4. The Hall–Kier alpha value is -1.86. The molecule has 2 aromatic rings. The minimum absolute atomic E-state index is 0. The smallest absolute Gasteiger partial charge is 0.238 e. The van der Waals surface area contributed by atoms with Gasteiger partial charge < -0.3 is 15.4 Å². The van der Waals surface area contributed by atoms with Crippen molar-refractivity contribution in [3.05, 3.63) is 58.9 Å². The molecule has 0 aromatic heterocycles. The van der Waals surface area contributed by atoms with Gasteiger partial charge >= 0.3 is 0 Å². The highest BCUT2D eigenvalue weighted by Gasteiger charge is 2.27. The maximum Gasteiger partial charge on any atom is 0.238 e. The molecule has 0 bridgehead atoms. The summed E-state index contributed by atoms with van der Waals surface area (Å²) in [5.74, 6) is -0.00945. The maximum atomic E-state index is 13.8. The lowest BCUT2D eigenvalue weighted by atomic mass is 10.0. The summed E-state index contributed by atoms with van der Waals surface area (Å²) in [7, 11) is 1.63. The number of halogens is 3. The van der Waals surface area contributed by atoms with Crippen LogP contribution in [-0.4, -0.2) is 44.1 Å². The Morgan fingerprint density at radius 2 is 2.15 bits per heavy atom. The second kappa shape index (κ2) is 9.90. The number of anilines is 1. The van der Waals surface area contributed by atoms with Gasteiger partial charge in [0.15, 0.2) is 0 Å². The Balaban J connectivity index is 0.00000261. The van der Waals surface area contributed by atoms with Crippen molar-refractivity contribution in [1.29, 1.82) is 0 Å². The molecule has 5 nitrogen and oxygen atoms in total. The van der Waals surface area contributed by atoms with Crippen LogP contribution in [0.5, 0.6) is 5.75 Å². The predicted octanol–water partition coefficient (Wildman–Crippen LogP) is 3.49. The van der Waals surface area contributed by atoms with Crippen molar-refractivity contribution in [2.45, 2.75) is 6.04 Å². The van der Waals surface area contributed by atoms with E-state index in [4.69, 9.17) is 16.3 Å². The number of amides is 1. The molecule has 3 rings (SSSR count). The third-order valence-electron chi connectivity index (χ3n) is 4.40. The number of rotatable bonds is 5. The quantitative estimate of drug-likeness (QED) is 0.787. The van der Waals surface area contributed by atoms with E-state index in [-0.39, 0.29) is 36.6 Å². The van der Waals surface area contributed by atoms with Crippen molar-refractivity contribution in [2.24, 2.45) is 0 Å². The van der Waals surface area contributed by atoms with Crippen LogP contribution >= 0.6 is 24.0 Å². The van der Waals surface area contributed by atoms with E-state index in [2.05, 4.69) is 15.5 Å². The Morgan fingerprint density at radius 3 is 2.93 bits per heavy atom. The number of hydrogen-bond acceptors (Lipinski definition) is 4. The molecular weight excluding hydrogens is 392 g/mol. The standard InChI is InChI=1S/C19H21ClFN3O2.ClH/c1-26-18-5-3-2-4-14(18)17-11-22-8-9-24(17)12-19(25)23-16-10-13(20)6-7-15(16)21;/h2-7,10,17,22H,8-9,11-12H2,1H3,(H,23,25);1H. The van der Waals surface area contributed by atoms with Crippen LogP contribution in [0, 0.1) is 5.82 Å². The molecule has 1 heterocycles. The number of carbonyl (C=O) groups excluding carboxylic acids is 1. The molecule has 0 spiro atoms. The Bertz CT molecular complexity index is 791. The lowest BCUT2D eigenvalue weighted by Gasteiger charge is -2.36. The van der Waals surface area contributed by atoms with Gasteiger partial charge in [0.1, 0.15) is 11.6 Å². The first kappa shape index (κ1) is 21.4. The van der Waals surface area contributed by atoms with E-state index in [1.807, 2.05) is 24.3 Å². The first-order valence-electron chi connectivity index (χ1n) is 8.41. The summed E-state index contributed by atoms with van der Waals surface area (Å²) in [5, 5.41) is 6.33. The number of benzene rings is 2. The van der Waals surface area contributed by atoms with Crippen LogP contribution in [0.15, 0.2) is 42.5 Å². The van der Waals surface area contributed by atoms with Crippen LogP contribution in [0.1, 0.15) is 11.6 Å². The third kappa shape index (κ3) is 5.32. The highest BCUT2D eigenvalue weighted by molar-refractivity contribution is 6.30. The third-order valence-corrected chi connectivity index (χ3v) is 4.64. The zero-order chi connectivity index (χ0) is 18.5. The summed E-state index contributed by atoms with van der Waals surface area (Å²) in [6.07, 6.45) is 0. The average molecular weight is 414 g/mol. The topological polar surface area (TPSA) is 53.6 Å². The van der Waals surface area contributed by atoms with E-state index in [9.17, 15) is 9.18 Å². The van der Waals surface area contributed by atoms with Crippen LogP contribution in [0.2, 0.25) is 5.02 Å². The maximum absolute atomic E-state index is 13.8. The number of nitrogens with one attached hydrogen (secondary N) is 2. The fourth-order valence-electron chi connectivity index (χ4n) is 3.15. The number of piperazine rings is 1. The molecule has 2 aromatic carbocycles. The van der Waals surface area contributed by atoms with Crippen LogP contribution in [0.25, 0.3) is 0 Å². The summed E-state index contributed by atoms with van der Waals surface area (Å²) < 4.78 is 19.3. The summed E-state index contributed by atoms with van der Waals surface area (Å²) >= 11 is 5.88. The molecule has 0 saturated carbocycles. The molecule has 1 saturated heterocycles. The van der Waals surface area contributed by atoms with Crippen LogP contribution < -0.4 is 15.4 Å². The zero-order valence-electron chi connectivity index (χ0n) is 14.9. The van der Waals surface area contributed by atoms with E-state index < -0.39 is 5.82 Å². The number of hydrogen-bond donors (Lipinski definition) is 2. The predicted molar refractivity (Wildman–Crippen MR) is 107 cm³/mol. The van der Waals surface area contributed by atoms with Crippen LogP contribution in [0.3, 0.4) is 0 Å². The van der Waals surface area contributed by atoms with E-state index in [1.165, 1.54) is 18.2 Å². The molecule has 1 aliphatic rings. The van der Waals surface area contributed by atoms with Gasteiger partial charge in [-0.1, -0.05) is 29.8 Å². The molecule has 0 aliphatic carbocycles. The number of nitrogens with zero attached hydrogens (tertiary/aromatic N) is 1. The lowest BCUT2D eigenvalue weighted by molar-refractivity contribution is -0.118. The molecule has 27 heavy (non-hydrogen) atoms. The first-order valence-corrected chi connectivity index (χ1v) is 8.79. The largest absolute Gasteiger partial charge is 0.496 e. The summed E-state index contributed by atoms with van der Waals surface area (Å²) in [4.78, 5) is 14.5. The number of carbonyl (C=O) groups is 1. The second-order valence-electron chi connectivity index (χ2n) is 6.10. The van der Waals surface area contributed by atoms with E-state index in [1.54, 1.807) is 7.11 Å². The van der Waals surface area contributed by atoms with Gasteiger partial charge in [0.05, 0.1) is 25.4 Å². The van der Waals surface area contributed by atoms with Gasteiger partial charge in [-0.05, 0) is 24.3 Å². The molecule has 146 valence electrons. The molecular formula is C19H22Cl2FN3O2. The highest BCUT2D eigenvalue weighted by Crippen LogP contribution is 2.30. The second-order valence-corrected chi connectivity index (χ2v) is 6.54. The summed E-state index contributed by atoms with van der Waals surface area (Å²) in [6.45, 7) is 2.34. The van der Waals surface area contributed by atoms with Crippen molar-refractivity contribution >= 4 is 35.6 Å². The minimum atomic E-state index is -0.510. The Morgan fingerprint density at radius 1 is 1.37 bits per heavy atom. The number of methoxy groups -OCH3 is 1. The number of para-hydroxylation sites is 1. The van der Waals surface area contributed by atoms with E-state index in [0.29, 0.717) is 18.1 Å². The molecule has 1 aliphatic heterocycles. The fraction of sp³-hybridized carbons (Fsp3) is 0.316. The van der Waals surface area contributed by atoms with Gasteiger partial charge in [-0.2, -0.15) is 0 Å². The number of ether oxygens (including phenoxy) is 1. The van der Waals surface area contributed by atoms with Gasteiger partial charge in [-0.15, -0.1) is 12.4 Å². The van der Waals surface area contributed by atoms with Gasteiger partial charge in [-0.3, -0.25) is 9.69 Å². The first-order chi connectivity index (χ1) is 12.6. The average Bonchev–Trinajstić information content (AvgIpc) is 2.65. The van der Waals surface area contributed by atoms with Gasteiger partial charge in [0, 0.05) is 30.2 Å². The fourth-order valence-corrected chi connectivity index (χ4v) is 3.32. The molecule has 1 fully saturated rings. The van der Waals surface area contributed by atoms with Gasteiger partial charge in [0.25, 0.3) is 0 Å². The van der Waals surface area contributed by atoms with Crippen molar-refractivity contribution in [3.8, 4) is 5.75 Å².